The first-order chi connectivity index (χ1) is 8.10. The van der Waals surface area contributed by atoms with Gasteiger partial charge in [-0.3, -0.25) is 4.79 Å². The van der Waals surface area contributed by atoms with E-state index in [-0.39, 0.29) is 18.0 Å². The number of aromatic nitrogens is 1. The van der Waals surface area contributed by atoms with Gasteiger partial charge in [0.15, 0.2) is 12.4 Å². The van der Waals surface area contributed by atoms with Crippen molar-refractivity contribution in [1.29, 1.82) is 0 Å². The molecular formula is C11H13NO5. The predicted molar refractivity (Wildman–Crippen MR) is 57.2 cm³/mol. The van der Waals surface area contributed by atoms with Crippen molar-refractivity contribution < 1.29 is 24.5 Å². The van der Waals surface area contributed by atoms with Crippen LogP contribution in [0.25, 0.3) is 0 Å². The Balaban J connectivity index is 2.83. The van der Waals surface area contributed by atoms with Gasteiger partial charge in [0.05, 0.1) is 12.3 Å². The molecule has 0 aliphatic carbocycles. The Morgan fingerprint density at radius 3 is 2.82 bits per heavy atom. The largest absolute Gasteiger partial charge is 0.464 e. The van der Waals surface area contributed by atoms with Crippen LogP contribution < -0.4 is 0 Å². The molecule has 92 valence electrons. The number of hydrogen-bond acceptors (Lipinski definition) is 6. The van der Waals surface area contributed by atoms with Gasteiger partial charge in [0, 0.05) is 0 Å². The predicted octanol–water partition coefficient (Wildman–Crippen LogP) is -0.148. The molecule has 0 aliphatic heterocycles. The number of carbonyl (C=O) groups excluding carboxylic acids is 2. The highest BCUT2D eigenvalue weighted by atomic mass is 16.5. The summed E-state index contributed by atoms with van der Waals surface area (Å²) in [7, 11) is 0. The van der Waals surface area contributed by atoms with Gasteiger partial charge in [0.2, 0.25) is 0 Å². The van der Waals surface area contributed by atoms with Crippen LogP contribution in [0.5, 0.6) is 0 Å². The first-order valence-electron chi connectivity index (χ1n) is 5.05. The number of aliphatic hydroxyl groups excluding tert-OH is 2. The van der Waals surface area contributed by atoms with Crippen molar-refractivity contribution in [2.75, 3.05) is 6.61 Å². The molecule has 6 nitrogen and oxygen atoms in total. The van der Waals surface area contributed by atoms with E-state index >= 15 is 0 Å². The lowest BCUT2D eigenvalue weighted by molar-refractivity contribution is -0.159. The zero-order chi connectivity index (χ0) is 12.8. The summed E-state index contributed by atoms with van der Waals surface area (Å²) in [4.78, 5) is 25.4. The smallest absolute Gasteiger partial charge is 0.338 e. The summed E-state index contributed by atoms with van der Waals surface area (Å²) < 4.78 is 4.56. The fourth-order valence-electron chi connectivity index (χ4n) is 1.22. The molecule has 2 atom stereocenters. The van der Waals surface area contributed by atoms with Crippen LogP contribution in [-0.4, -0.2) is 40.2 Å². The van der Waals surface area contributed by atoms with E-state index in [1.807, 2.05) is 0 Å². The minimum atomic E-state index is -1.72. The maximum absolute atomic E-state index is 11.2. The van der Waals surface area contributed by atoms with Gasteiger partial charge < -0.3 is 14.9 Å². The molecule has 17 heavy (non-hydrogen) atoms. The number of hydrogen-bond donors (Lipinski definition) is 2. The normalized spacial score (nSPS) is 13.8. The second-order valence-corrected chi connectivity index (χ2v) is 3.25. The number of esters is 1. The summed E-state index contributed by atoms with van der Waals surface area (Å²) in [6.07, 6.45) is -2.73. The minimum absolute atomic E-state index is 0.0372. The third kappa shape index (κ3) is 3.33. The van der Waals surface area contributed by atoms with E-state index < -0.39 is 18.2 Å². The van der Waals surface area contributed by atoms with Crippen molar-refractivity contribution in [3.63, 3.8) is 0 Å². The molecule has 0 fully saturated rings. The molecule has 1 heterocycles. The van der Waals surface area contributed by atoms with Crippen molar-refractivity contribution in [2.24, 2.45) is 0 Å². The molecule has 0 amide bonds. The molecule has 0 aliphatic rings. The Morgan fingerprint density at radius 1 is 1.53 bits per heavy atom. The Kier molecular flexibility index (Phi) is 4.74. The Bertz CT molecular complexity index is 407. The van der Waals surface area contributed by atoms with Gasteiger partial charge in [-0.1, -0.05) is 6.07 Å². The van der Waals surface area contributed by atoms with Gasteiger partial charge in [-0.05, 0) is 19.1 Å². The fourth-order valence-corrected chi connectivity index (χ4v) is 1.22. The van der Waals surface area contributed by atoms with E-state index in [1.54, 1.807) is 6.92 Å². The molecular weight excluding hydrogens is 226 g/mol. The lowest BCUT2D eigenvalue weighted by Gasteiger charge is -2.15. The highest BCUT2D eigenvalue weighted by Gasteiger charge is 2.27. The first kappa shape index (κ1) is 13.3. The zero-order valence-corrected chi connectivity index (χ0v) is 9.24. The highest BCUT2D eigenvalue weighted by Crippen LogP contribution is 2.15. The number of nitrogens with zero attached hydrogens (tertiary/aromatic N) is 1. The summed E-state index contributed by atoms with van der Waals surface area (Å²) in [6, 6.07) is 4.34. The average Bonchev–Trinajstić information content (AvgIpc) is 2.37. The molecule has 0 radical (unpaired) electrons. The molecule has 0 saturated heterocycles. The van der Waals surface area contributed by atoms with Crippen LogP contribution in [0.1, 0.15) is 29.2 Å². The van der Waals surface area contributed by atoms with Crippen LogP contribution in [0.3, 0.4) is 0 Å². The van der Waals surface area contributed by atoms with E-state index in [9.17, 15) is 19.8 Å². The number of carbonyl (C=O) groups is 2. The lowest BCUT2D eigenvalue weighted by Crippen LogP contribution is -2.30. The molecule has 0 aromatic carbocycles. The number of rotatable bonds is 5. The Labute approximate surface area is 97.9 Å². The molecule has 1 aromatic heterocycles. The van der Waals surface area contributed by atoms with E-state index in [0.717, 1.165) is 0 Å². The van der Waals surface area contributed by atoms with Crippen molar-refractivity contribution in [3.05, 3.63) is 29.6 Å². The van der Waals surface area contributed by atoms with Gasteiger partial charge in [0.25, 0.3) is 0 Å². The maximum Gasteiger partial charge on any atom is 0.338 e. The van der Waals surface area contributed by atoms with Crippen molar-refractivity contribution in [2.45, 2.75) is 19.1 Å². The average molecular weight is 239 g/mol. The van der Waals surface area contributed by atoms with Gasteiger partial charge >= 0.3 is 5.97 Å². The fraction of sp³-hybridized carbons (Fsp3) is 0.364. The SMILES string of the molecule is CCOC(=O)C(O)C(O)c1cccc(C=O)n1. The summed E-state index contributed by atoms with van der Waals surface area (Å²) in [5.74, 6) is -0.932. The second kappa shape index (κ2) is 6.07. The van der Waals surface area contributed by atoms with Gasteiger partial charge in [-0.15, -0.1) is 0 Å². The van der Waals surface area contributed by atoms with Crippen molar-refractivity contribution >= 4 is 12.3 Å². The molecule has 1 aromatic rings. The summed E-state index contributed by atoms with van der Waals surface area (Å²) in [6.45, 7) is 1.69. The number of aldehydes is 1. The molecule has 6 heteroatoms. The van der Waals surface area contributed by atoms with Crippen molar-refractivity contribution in [1.82, 2.24) is 4.98 Å². The topological polar surface area (TPSA) is 96.7 Å². The lowest BCUT2D eigenvalue weighted by atomic mass is 10.1. The molecule has 2 N–H and O–H groups in total. The van der Waals surface area contributed by atoms with E-state index in [0.29, 0.717) is 6.29 Å². The van der Waals surface area contributed by atoms with Crippen LogP contribution in [0, 0.1) is 0 Å². The zero-order valence-electron chi connectivity index (χ0n) is 9.24. The highest BCUT2D eigenvalue weighted by molar-refractivity contribution is 5.75. The third-order valence-corrected chi connectivity index (χ3v) is 2.04. The summed E-state index contributed by atoms with van der Waals surface area (Å²) >= 11 is 0. The summed E-state index contributed by atoms with van der Waals surface area (Å²) in [5, 5.41) is 19.2. The quantitative estimate of drug-likeness (QED) is 0.548. The second-order valence-electron chi connectivity index (χ2n) is 3.25. The van der Waals surface area contributed by atoms with Crippen LogP contribution in [0.2, 0.25) is 0 Å². The molecule has 1 rings (SSSR count). The number of aliphatic hydroxyl groups is 2. The maximum atomic E-state index is 11.2. The van der Waals surface area contributed by atoms with E-state index in [1.165, 1.54) is 18.2 Å². The van der Waals surface area contributed by atoms with E-state index in [4.69, 9.17) is 0 Å². The van der Waals surface area contributed by atoms with Crippen molar-refractivity contribution in [3.8, 4) is 0 Å². The molecule has 0 bridgehead atoms. The standard InChI is InChI=1S/C11H13NO5/c1-2-17-11(16)10(15)9(14)8-5-3-4-7(6-13)12-8/h3-6,9-10,14-15H,2H2,1H3. The Morgan fingerprint density at radius 2 is 2.24 bits per heavy atom. The van der Waals surface area contributed by atoms with Crippen LogP contribution in [0.4, 0.5) is 0 Å². The minimum Gasteiger partial charge on any atom is -0.464 e. The molecule has 0 spiro atoms. The number of ether oxygens (including phenoxy) is 1. The Hall–Kier alpha value is -1.79. The van der Waals surface area contributed by atoms with E-state index in [2.05, 4.69) is 9.72 Å². The molecule has 0 saturated carbocycles. The van der Waals surface area contributed by atoms with Crippen LogP contribution in [0.15, 0.2) is 18.2 Å². The molecule has 2 unspecified atom stereocenters. The number of pyridine rings is 1. The van der Waals surface area contributed by atoms with Gasteiger partial charge in [-0.25, -0.2) is 9.78 Å². The van der Waals surface area contributed by atoms with Crippen LogP contribution >= 0.6 is 0 Å². The summed E-state index contributed by atoms with van der Waals surface area (Å²) in [5.41, 5.74) is 0.146. The van der Waals surface area contributed by atoms with Gasteiger partial charge in [-0.2, -0.15) is 0 Å². The van der Waals surface area contributed by atoms with Crippen LogP contribution in [-0.2, 0) is 9.53 Å². The monoisotopic (exact) mass is 239 g/mol. The third-order valence-electron chi connectivity index (χ3n) is 2.04. The van der Waals surface area contributed by atoms with Gasteiger partial charge in [0.1, 0.15) is 11.8 Å². The first-order valence-corrected chi connectivity index (χ1v) is 5.05.